The SMILES string of the molecule is COC(=O)Nc1ccc2c(c1)NCCN(C)C(=O)c1cccc(c1)CC(NC(=O)/C=C/c1cc(Cl)ccc1-n1cnnn1)c1ncc-2[nH]1. The number of ether oxygens (including phenoxy) is 1. The van der Waals surface area contributed by atoms with Crippen molar-refractivity contribution in [1.29, 1.82) is 0 Å². The number of rotatable bonds is 5. The molecule has 4 N–H and O–H groups in total. The minimum absolute atomic E-state index is 0.141. The average Bonchev–Trinajstić information content (AvgIpc) is 3.80. The molecular weight excluding hydrogens is 636 g/mol. The highest BCUT2D eigenvalue weighted by atomic mass is 35.5. The number of carbonyl (C=O) groups is 3. The third kappa shape index (κ3) is 7.34. The number of nitrogens with one attached hydrogen (secondary N) is 4. The van der Waals surface area contributed by atoms with E-state index >= 15 is 0 Å². The molecule has 15 heteroatoms. The number of hydrogen-bond donors (Lipinski definition) is 4. The van der Waals surface area contributed by atoms with E-state index in [1.165, 1.54) is 24.2 Å². The molecule has 1 atom stereocenters. The molecular formula is C33H31ClN10O4. The third-order valence-corrected chi connectivity index (χ3v) is 7.94. The average molecular weight is 667 g/mol. The van der Waals surface area contributed by atoms with Crippen LogP contribution in [0.1, 0.15) is 33.4 Å². The van der Waals surface area contributed by atoms with Crippen LogP contribution in [0.4, 0.5) is 16.2 Å². The van der Waals surface area contributed by atoms with Crippen molar-refractivity contribution in [2.24, 2.45) is 0 Å². The summed E-state index contributed by atoms with van der Waals surface area (Å²) in [5.41, 5.74) is 5.30. The molecule has 3 heterocycles. The summed E-state index contributed by atoms with van der Waals surface area (Å²) >= 11 is 6.26. The highest BCUT2D eigenvalue weighted by Crippen LogP contribution is 2.31. The summed E-state index contributed by atoms with van der Waals surface area (Å²) in [7, 11) is 3.03. The number of nitrogens with zero attached hydrogens (tertiary/aromatic N) is 6. The molecule has 0 spiro atoms. The van der Waals surface area contributed by atoms with Crippen molar-refractivity contribution >= 4 is 47.0 Å². The number of halogens is 1. The van der Waals surface area contributed by atoms with Crippen molar-refractivity contribution in [2.45, 2.75) is 12.5 Å². The number of imidazole rings is 1. The van der Waals surface area contributed by atoms with Crippen LogP contribution < -0.4 is 16.0 Å². The van der Waals surface area contributed by atoms with E-state index in [1.54, 1.807) is 60.6 Å². The van der Waals surface area contributed by atoms with Crippen molar-refractivity contribution in [2.75, 3.05) is 37.9 Å². The normalized spacial score (nSPS) is 14.8. The Morgan fingerprint density at radius 2 is 2.00 bits per heavy atom. The van der Waals surface area contributed by atoms with E-state index < -0.39 is 12.1 Å². The van der Waals surface area contributed by atoms with E-state index in [0.717, 1.165) is 11.1 Å². The van der Waals surface area contributed by atoms with Gasteiger partial charge in [0.25, 0.3) is 5.91 Å². The van der Waals surface area contributed by atoms with Gasteiger partial charge in [-0.3, -0.25) is 14.9 Å². The molecule has 0 radical (unpaired) electrons. The second-order valence-corrected chi connectivity index (χ2v) is 11.4. The number of aromatic amines is 1. The lowest BCUT2D eigenvalue weighted by Gasteiger charge is -2.20. The molecule has 0 fully saturated rings. The predicted octanol–water partition coefficient (Wildman–Crippen LogP) is 4.50. The Morgan fingerprint density at radius 1 is 1.12 bits per heavy atom. The maximum Gasteiger partial charge on any atom is 0.411 e. The third-order valence-electron chi connectivity index (χ3n) is 7.71. The van der Waals surface area contributed by atoms with Gasteiger partial charge < -0.3 is 25.3 Å². The molecule has 0 saturated heterocycles. The van der Waals surface area contributed by atoms with Gasteiger partial charge in [0, 0.05) is 59.3 Å². The van der Waals surface area contributed by atoms with Gasteiger partial charge in [0.2, 0.25) is 5.91 Å². The summed E-state index contributed by atoms with van der Waals surface area (Å²) in [5, 5.41) is 20.9. The number of tetrazole rings is 1. The highest BCUT2D eigenvalue weighted by Gasteiger charge is 2.21. The monoisotopic (exact) mass is 666 g/mol. The summed E-state index contributed by atoms with van der Waals surface area (Å²) < 4.78 is 6.22. The molecule has 0 aliphatic carbocycles. The molecule has 1 unspecified atom stereocenters. The smallest absolute Gasteiger partial charge is 0.411 e. The van der Waals surface area contributed by atoms with Crippen LogP contribution in [0.2, 0.25) is 5.02 Å². The van der Waals surface area contributed by atoms with Gasteiger partial charge in [-0.25, -0.2) is 9.78 Å². The predicted molar refractivity (Wildman–Crippen MR) is 180 cm³/mol. The number of H-pyrrole nitrogens is 1. The van der Waals surface area contributed by atoms with E-state index in [2.05, 4.69) is 41.4 Å². The number of carbonyl (C=O) groups excluding carboxylic acids is 3. The van der Waals surface area contributed by atoms with Crippen LogP contribution in [0.3, 0.4) is 0 Å². The molecule has 14 nitrogen and oxygen atoms in total. The van der Waals surface area contributed by atoms with E-state index in [-0.39, 0.29) is 11.8 Å². The lowest BCUT2D eigenvalue weighted by molar-refractivity contribution is -0.117. The van der Waals surface area contributed by atoms with Crippen LogP contribution in [-0.2, 0) is 16.0 Å². The van der Waals surface area contributed by atoms with Gasteiger partial charge in [-0.05, 0) is 77.0 Å². The lowest BCUT2D eigenvalue weighted by Crippen LogP contribution is -2.31. The van der Waals surface area contributed by atoms with Gasteiger partial charge in [-0.1, -0.05) is 23.7 Å². The van der Waals surface area contributed by atoms with Crippen LogP contribution >= 0.6 is 11.6 Å². The molecule has 3 aromatic carbocycles. The molecule has 4 bridgehead atoms. The Kier molecular flexibility index (Phi) is 9.43. The van der Waals surface area contributed by atoms with Gasteiger partial charge in [0.1, 0.15) is 12.2 Å². The first-order chi connectivity index (χ1) is 23.3. The second-order valence-electron chi connectivity index (χ2n) is 11.0. The summed E-state index contributed by atoms with van der Waals surface area (Å²) in [6.07, 6.45) is 5.93. The minimum atomic E-state index is -0.599. The van der Waals surface area contributed by atoms with Gasteiger partial charge in [-0.15, -0.1) is 5.10 Å². The maximum atomic E-state index is 13.4. The molecule has 244 valence electrons. The highest BCUT2D eigenvalue weighted by molar-refractivity contribution is 6.30. The lowest BCUT2D eigenvalue weighted by atomic mass is 10.0. The van der Waals surface area contributed by atoms with Crippen molar-refractivity contribution in [3.05, 3.63) is 107 Å². The molecule has 1 aliphatic heterocycles. The molecule has 48 heavy (non-hydrogen) atoms. The number of methoxy groups -OCH3 is 1. The Balaban J connectivity index is 1.34. The van der Waals surface area contributed by atoms with Crippen LogP contribution in [0.15, 0.2) is 79.3 Å². The fourth-order valence-corrected chi connectivity index (χ4v) is 5.49. The number of hydrogen-bond acceptors (Lipinski definition) is 9. The largest absolute Gasteiger partial charge is 0.453 e. The van der Waals surface area contributed by atoms with Crippen molar-refractivity contribution < 1.29 is 19.1 Å². The van der Waals surface area contributed by atoms with E-state index in [9.17, 15) is 14.4 Å². The summed E-state index contributed by atoms with van der Waals surface area (Å²) in [6, 6.07) is 17.3. The first-order valence-corrected chi connectivity index (χ1v) is 15.3. The summed E-state index contributed by atoms with van der Waals surface area (Å²) in [5.74, 6) is -0.0145. The van der Waals surface area contributed by atoms with E-state index in [0.29, 0.717) is 64.2 Å². The molecule has 6 rings (SSSR count). The fourth-order valence-electron chi connectivity index (χ4n) is 5.31. The van der Waals surface area contributed by atoms with Crippen LogP contribution in [0, 0.1) is 0 Å². The maximum absolute atomic E-state index is 13.4. The second kappa shape index (κ2) is 14.2. The number of anilines is 2. The fraction of sp³-hybridized carbons (Fsp3) is 0.182. The summed E-state index contributed by atoms with van der Waals surface area (Å²) in [6.45, 7) is 0.850. The molecule has 1 aliphatic rings. The number of aromatic nitrogens is 6. The molecule has 2 aromatic heterocycles. The zero-order valence-electron chi connectivity index (χ0n) is 26.0. The molecule has 0 saturated carbocycles. The standard InChI is InChI=1S/C33H31ClN10O4/c1-43-13-12-35-26-17-24(38-33(47)48-2)8-9-25(26)28-18-36-31(40-28)27(15-20-4-3-5-22(14-20)32(43)46)39-30(45)11-6-21-16-23(34)7-10-29(21)44-19-37-41-42-44/h3-11,14,16-19,27,35H,12-13,15H2,1-2H3,(H,36,40)(H,38,47)(H,39,45)/b11-6+. The Bertz CT molecular complexity index is 1990. The Hall–Kier alpha value is -6.02. The van der Waals surface area contributed by atoms with E-state index in [1.807, 2.05) is 24.3 Å². The van der Waals surface area contributed by atoms with E-state index in [4.69, 9.17) is 16.3 Å². The number of fused-ring (bicyclic) bond motifs is 6. The minimum Gasteiger partial charge on any atom is -0.453 e. The molecule has 3 amide bonds. The van der Waals surface area contributed by atoms with Gasteiger partial charge in [0.15, 0.2) is 0 Å². The van der Waals surface area contributed by atoms with Crippen molar-refractivity contribution in [3.8, 4) is 16.9 Å². The zero-order valence-corrected chi connectivity index (χ0v) is 26.7. The number of amides is 3. The number of benzene rings is 3. The first kappa shape index (κ1) is 31.9. The van der Waals surface area contributed by atoms with Crippen molar-refractivity contribution in [3.63, 3.8) is 0 Å². The summed E-state index contributed by atoms with van der Waals surface area (Å²) in [4.78, 5) is 48.3. The Labute approximate surface area is 280 Å². The van der Waals surface area contributed by atoms with Gasteiger partial charge in [-0.2, -0.15) is 4.68 Å². The molecule has 5 aromatic rings. The van der Waals surface area contributed by atoms with Gasteiger partial charge >= 0.3 is 6.09 Å². The number of likely N-dealkylation sites (N-methyl/N-ethyl adjacent to an activating group) is 1. The quantitative estimate of drug-likeness (QED) is 0.197. The zero-order chi connectivity index (χ0) is 33.6. The topological polar surface area (TPSA) is 172 Å². The van der Waals surface area contributed by atoms with Crippen LogP contribution in [-0.4, -0.2) is 80.2 Å². The van der Waals surface area contributed by atoms with Crippen molar-refractivity contribution in [1.82, 2.24) is 40.4 Å². The van der Waals surface area contributed by atoms with Crippen LogP contribution in [0.5, 0.6) is 0 Å². The Morgan fingerprint density at radius 3 is 2.81 bits per heavy atom. The van der Waals surface area contributed by atoms with Crippen LogP contribution in [0.25, 0.3) is 23.0 Å². The van der Waals surface area contributed by atoms with Gasteiger partial charge in [0.05, 0.1) is 30.7 Å². The first-order valence-electron chi connectivity index (χ1n) is 14.9.